The quantitative estimate of drug-likeness (QED) is 0.559. The first-order valence-corrected chi connectivity index (χ1v) is 8.53. The minimum absolute atomic E-state index is 0.649. The van der Waals surface area contributed by atoms with Crippen molar-refractivity contribution in [1.29, 1.82) is 0 Å². The maximum Gasteiger partial charge on any atom is 0.162 e. The number of aromatic nitrogens is 4. The van der Waals surface area contributed by atoms with E-state index in [1.807, 2.05) is 36.8 Å². The van der Waals surface area contributed by atoms with Gasteiger partial charge in [0.15, 0.2) is 11.5 Å². The average molecular weight is 352 g/mol. The predicted molar refractivity (Wildman–Crippen MR) is 98.2 cm³/mol. The molecule has 3 aromatic heterocycles. The lowest BCUT2D eigenvalue weighted by Crippen LogP contribution is -1.94. The summed E-state index contributed by atoms with van der Waals surface area (Å²) in [6, 6.07) is 5.89. The normalized spacial score (nSPS) is 11.0. The summed E-state index contributed by atoms with van der Waals surface area (Å²) < 4.78 is 12.6. The lowest BCUT2D eigenvalue weighted by atomic mass is 10.1. The number of ether oxygens (including phenoxy) is 2. The molecule has 25 heavy (non-hydrogen) atoms. The Bertz CT molecular complexity index is 1040. The second-order valence-electron chi connectivity index (χ2n) is 5.52. The van der Waals surface area contributed by atoms with E-state index in [-0.39, 0.29) is 0 Å². The van der Waals surface area contributed by atoms with Crippen molar-refractivity contribution in [3.63, 3.8) is 0 Å². The van der Waals surface area contributed by atoms with Crippen molar-refractivity contribution >= 4 is 22.2 Å². The van der Waals surface area contributed by atoms with E-state index in [9.17, 15) is 0 Å². The van der Waals surface area contributed by atoms with Crippen LogP contribution in [0.15, 0.2) is 42.2 Å². The highest BCUT2D eigenvalue weighted by Gasteiger charge is 2.15. The van der Waals surface area contributed by atoms with Gasteiger partial charge in [0.25, 0.3) is 0 Å². The highest BCUT2D eigenvalue weighted by Crippen LogP contribution is 2.38. The Labute approximate surface area is 148 Å². The molecule has 0 N–H and O–H groups in total. The molecule has 6 nitrogen and oxygen atoms in total. The summed E-state index contributed by atoms with van der Waals surface area (Å²) >= 11 is 1.59. The Balaban J connectivity index is 2.03. The van der Waals surface area contributed by atoms with Gasteiger partial charge in [0, 0.05) is 47.4 Å². The van der Waals surface area contributed by atoms with Crippen LogP contribution in [0.3, 0.4) is 0 Å². The molecule has 0 aliphatic carbocycles. The first kappa shape index (κ1) is 15.6. The van der Waals surface area contributed by atoms with E-state index in [1.165, 1.54) is 0 Å². The van der Waals surface area contributed by atoms with E-state index in [0.717, 1.165) is 32.7 Å². The Hall–Kier alpha value is -2.93. The molecular formula is C18H16N4O2S. The number of aryl methyl sites for hydroxylation is 1. The van der Waals surface area contributed by atoms with Gasteiger partial charge in [-0.25, -0.2) is 9.97 Å². The highest BCUT2D eigenvalue weighted by molar-refractivity contribution is 7.13. The fourth-order valence-electron chi connectivity index (χ4n) is 2.79. The number of fused-ring (bicyclic) bond motifs is 1. The lowest BCUT2D eigenvalue weighted by Gasteiger charge is -2.12. The second-order valence-corrected chi connectivity index (χ2v) is 6.41. The molecular weight excluding hydrogens is 336 g/mol. The molecule has 0 aliphatic rings. The number of benzene rings is 1. The third kappa shape index (κ3) is 2.72. The molecule has 0 fully saturated rings. The largest absolute Gasteiger partial charge is 0.493 e. The molecule has 0 unspecified atom stereocenters. The minimum atomic E-state index is 0.649. The van der Waals surface area contributed by atoms with Crippen molar-refractivity contribution in [3.05, 3.63) is 42.2 Å². The molecule has 0 atom stereocenters. The molecule has 0 saturated heterocycles. The van der Waals surface area contributed by atoms with Crippen molar-refractivity contribution in [2.24, 2.45) is 7.05 Å². The fraction of sp³-hybridized carbons (Fsp3) is 0.167. The van der Waals surface area contributed by atoms with Gasteiger partial charge in [0.05, 0.1) is 31.6 Å². The summed E-state index contributed by atoms with van der Waals surface area (Å²) in [4.78, 5) is 9.27. The maximum atomic E-state index is 5.45. The van der Waals surface area contributed by atoms with Crippen LogP contribution in [0.25, 0.3) is 32.7 Å². The number of rotatable bonds is 4. The Kier molecular flexibility index (Phi) is 3.85. The zero-order valence-electron chi connectivity index (χ0n) is 14.1. The van der Waals surface area contributed by atoms with E-state index in [0.29, 0.717) is 11.5 Å². The number of thiazole rings is 1. The molecule has 4 aromatic rings. The van der Waals surface area contributed by atoms with Gasteiger partial charge in [-0.1, -0.05) is 0 Å². The summed E-state index contributed by atoms with van der Waals surface area (Å²) in [6.45, 7) is 0. The van der Waals surface area contributed by atoms with E-state index >= 15 is 0 Å². The fourth-order valence-corrected chi connectivity index (χ4v) is 3.46. The maximum absolute atomic E-state index is 5.45. The number of pyridine rings is 1. The third-order valence-corrected chi connectivity index (χ3v) is 4.78. The first-order valence-electron chi connectivity index (χ1n) is 7.65. The molecule has 0 radical (unpaired) electrons. The molecule has 4 rings (SSSR count). The van der Waals surface area contributed by atoms with E-state index in [2.05, 4.69) is 10.1 Å². The van der Waals surface area contributed by atoms with Crippen LogP contribution in [0, 0.1) is 0 Å². The van der Waals surface area contributed by atoms with Crippen molar-refractivity contribution in [1.82, 2.24) is 19.7 Å². The van der Waals surface area contributed by atoms with Crippen molar-refractivity contribution in [2.75, 3.05) is 14.2 Å². The molecule has 0 aliphatic heterocycles. The van der Waals surface area contributed by atoms with E-state index in [4.69, 9.17) is 14.5 Å². The second kappa shape index (κ2) is 6.18. The molecule has 0 amide bonds. The predicted octanol–water partition coefficient (Wildman–Crippen LogP) is 3.78. The summed E-state index contributed by atoms with van der Waals surface area (Å²) in [5, 5.41) is 8.12. The Morgan fingerprint density at radius 1 is 1.08 bits per heavy atom. The zero-order valence-corrected chi connectivity index (χ0v) is 14.9. The Morgan fingerprint density at radius 2 is 1.88 bits per heavy atom. The van der Waals surface area contributed by atoms with Crippen LogP contribution in [-0.2, 0) is 7.05 Å². The molecule has 3 heterocycles. The summed E-state index contributed by atoms with van der Waals surface area (Å²) in [7, 11) is 5.14. The SMILES string of the molecule is COc1cc2nc(-c3cnn(C)c3)cc(-c3nccs3)c2cc1OC. The number of hydrogen-bond acceptors (Lipinski definition) is 6. The first-order chi connectivity index (χ1) is 12.2. The van der Waals surface area contributed by atoms with Crippen LogP contribution in [0.4, 0.5) is 0 Å². The average Bonchev–Trinajstić information content (AvgIpc) is 3.31. The van der Waals surface area contributed by atoms with Crippen LogP contribution in [0.2, 0.25) is 0 Å². The van der Waals surface area contributed by atoms with Gasteiger partial charge in [-0.2, -0.15) is 5.10 Å². The van der Waals surface area contributed by atoms with Crippen LogP contribution < -0.4 is 9.47 Å². The van der Waals surface area contributed by atoms with E-state index in [1.54, 1.807) is 42.6 Å². The summed E-state index contributed by atoms with van der Waals surface area (Å²) in [5.41, 5.74) is 3.64. The van der Waals surface area contributed by atoms with Crippen LogP contribution in [0.1, 0.15) is 0 Å². The van der Waals surface area contributed by atoms with Gasteiger partial charge in [0.1, 0.15) is 5.01 Å². The van der Waals surface area contributed by atoms with E-state index < -0.39 is 0 Å². The topological polar surface area (TPSA) is 62.1 Å². The highest BCUT2D eigenvalue weighted by atomic mass is 32.1. The summed E-state index contributed by atoms with van der Waals surface area (Å²) in [5.74, 6) is 1.32. The third-order valence-electron chi connectivity index (χ3n) is 3.98. The number of hydrogen-bond donors (Lipinski definition) is 0. The molecule has 0 saturated carbocycles. The molecule has 126 valence electrons. The molecule has 0 bridgehead atoms. The molecule has 7 heteroatoms. The van der Waals surface area contributed by atoms with Crippen LogP contribution >= 0.6 is 11.3 Å². The lowest BCUT2D eigenvalue weighted by molar-refractivity contribution is 0.356. The van der Waals surface area contributed by atoms with Gasteiger partial charge >= 0.3 is 0 Å². The van der Waals surface area contributed by atoms with Crippen LogP contribution in [-0.4, -0.2) is 34.0 Å². The van der Waals surface area contributed by atoms with Crippen molar-refractivity contribution < 1.29 is 9.47 Å². The smallest absolute Gasteiger partial charge is 0.162 e. The molecule has 1 aromatic carbocycles. The minimum Gasteiger partial charge on any atom is -0.493 e. The van der Waals surface area contributed by atoms with Crippen molar-refractivity contribution in [3.8, 4) is 33.3 Å². The van der Waals surface area contributed by atoms with Gasteiger partial charge in [-0.3, -0.25) is 4.68 Å². The monoisotopic (exact) mass is 352 g/mol. The standard InChI is InChI=1S/C18H16N4O2S/c1-22-10-11(9-20-22)14-6-13(18-19-4-5-25-18)12-7-16(23-2)17(24-3)8-15(12)21-14/h4-10H,1-3H3. The zero-order chi connectivity index (χ0) is 17.4. The number of nitrogens with zero attached hydrogens (tertiary/aromatic N) is 4. The van der Waals surface area contributed by atoms with Gasteiger partial charge in [-0.05, 0) is 12.1 Å². The van der Waals surface area contributed by atoms with Gasteiger partial charge in [0.2, 0.25) is 0 Å². The van der Waals surface area contributed by atoms with Crippen LogP contribution in [0.5, 0.6) is 11.5 Å². The van der Waals surface area contributed by atoms with Gasteiger partial charge in [-0.15, -0.1) is 11.3 Å². The van der Waals surface area contributed by atoms with Crippen molar-refractivity contribution in [2.45, 2.75) is 0 Å². The Morgan fingerprint density at radius 3 is 2.52 bits per heavy atom. The number of methoxy groups -OCH3 is 2. The van der Waals surface area contributed by atoms with Gasteiger partial charge < -0.3 is 9.47 Å². The summed E-state index contributed by atoms with van der Waals surface area (Å²) in [6.07, 6.45) is 5.55. The molecule has 0 spiro atoms.